The molecule has 0 radical (unpaired) electrons. The predicted molar refractivity (Wildman–Crippen MR) is 118 cm³/mol. The second-order valence-electron chi connectivity index (χ2n) is 8.96. The van der Waals surface area contributed by atoms with Crippen LogP contribution in [0.4, 0.5) is 5.69 Å². The molecule has 1 aromatic rings. The van der Waals surface area contributed by atoms with Crippen LogP contribution in [0.5, 0.6) is 0 Å². The standard InChI is InChI=1S/C22H33N3O4S/c1-16-11-12-19(13-17(16)2)25-20(26)14-24(30(4,28)29)15-22(25,3)21(27)23-18-9-7-5-6-8-10-18/h11-13,18H,5-10,14-15H2,1-4H3,(H,23,27)/t22-/m1/s1. The predicted octanol–water partition coefficient (Wildman–Crippen LogP) is 2.51. The van der Waals surface area contributed by atoms with E-state index in [9.17, 15) is 18.0 Å². The molecule has 0 bridgehead atoms. The maximum absolute atomic E-state index is 13.5. The van der Waals surface area contributed by atoms with E-state index in [1.165, 1.54) is 17.7 Å². The minimum Gasteiger partial charge on any atom is -0.351 e. The van der Waals surface area contributed by atoms with Crippen molar-refractivity contribution in [3.8, 4) is 0 Å². The highest BCUT2D eigenvalue weighted by Gasteiger charge is 2.50. The average Bonchev–Trinajstić information content (AvgIpc) is 2.92. The number of aryl methyl sites for hydroxylation is 2. The first-order valence-corrected chi connectivity index (χ1v) is 12.5. The van der Waals surface area contributed by atoms with Gasteiger partial charge in [-0.2, -0.15) is 4.31 Å². The van der Waals surface area contributed by atoms with Crippen LogP contribution in [0.15, 0.2) is 18.2 Å². The molecule has 0 spiro atoms. The molecule has 7 nitrogen and oxygen atoms in total. The van der Waals surface area contributed by atoms with E-state index < -0.39 is 21.5 Å². The summed E-state index contributed by atoms with van der Waals surface area (Å²) in [4.78, 5) is 28.2. The van der Waals surface area contributed by atoms with Crippen molar-refractivity contribution < 1.29 is 18.0 Å². The fourth-order valence-corrected chi connectivity index (χ4v) is 5.26. The third kappa shape index (κ3) is 4.70. The number of benzene rings is 1. The molecule has 1 aliphatic heterocycles. The summed E-state index contributed by atoms with van der Waals surface area (Å²) in [6.45, 7) is 5.28. The molecule has 2 fully saturated rings. The van der Waals surface area contributed by atoms with Gasteiger partial charge < -0.3 is 5.32 Å². The summed E-state index contributed by atoms with van der Waals surface area (Å²) in [5.41, 5.74) is 1.39. The Bertz CT molecular complexity index is 922. The maximum atomic E-state index is 13.5. The fraction of sp³-hybridized carbons (Fsp3) is 0.636. The quantitative estimate of drug-likeness (QED) is 0.736. The third-order valence-electron chi connectivity index (χ3n) is 6.44. The Morgan fingerprint density at radius 2 is 1.73 bits per heavy atom. The fourth-order valence-electron chi connectivity index (χ4n) is 4.43. The number of nitrogens with zero attached hydrogens (tertiary/aromatic N) is 2. The lowest BCUT2D eigenvalue weighted by Gasteiger charge is -2.47. The van der Waals surface area contributed by atoms with Crippen molar-refractivity contribution in [3.63, 3.8) is 0 Å². The SMILES string of the molecule is Cc1ccc(N2C(=O)CN(S(C)(=O)=O)C[C@]2(C)C(=O)NC2CCCCCC2)cc1C. The van der Waals surface area contributed by atoms with E-state index >= 15 is 0 Å². The first kappa shape index (κ1) is 22.7. The number of hydrogen-bond donors (Lipinski definition) is 1. The Balaban J connectivity index is 1.98. The van der Waals surface area contributed by atoms with Crippen LogP contribution in [-0.4, -0.2) is 55.5 Å². The van der Waals surface area contributed by atoms with Crippen molar-refractivity contribution in [2.24, 2.45) is 0 Å². The van der Waals surface area contributed by atoms with E-state index in [-0.39, 0.29) is 25.0 Å². The smallest absolute Gasteiger partial charge is 0.247 e. The number of amides is 2. The molecule has 3 rings (SSSR count). The molecule has 8 heteroatoms. The van der Waals surface area contributed by atoms with Crippen molar-refractivity contribution in [1.82, 2.24) is 9.62 Å². The Kier molecular flexibility index (Phi) is 6.57. The minimum atomic E-state index is -3.62. The number of rotatable bonds is 4. The molecule has 0 unspecified atom stereocenters. The van der Waals surface area contributed by atoms with Gasteiger partial charge in [0.05, 0.1) is 12.8 Å². The summed E-state index contributed by atoms with van der Waals surface area (Å²) in [5, 5.41) is 3.13. The second kappa shape index (κ2) is 8.67. The molecule has 1 aliphatic carbocycles. The van der Waals surface area contributed by atoms with Crippen molar-refractivity contribution in [3.05, 3.63) is 29.3 Å². The summed E-state index contributed by atoms with van der Waals surface area (Å²) in [5.74, 6) is -0.692. The van der Waals surface area contributed by atoms with E-state index in [0.717, 1.165) is 47.4 Å². The van der Waals surface area contributed by atoms with Crippen molar-refractivity contribution in [2.75, 3.05) is 24.2 Å². The van der Waals surface area contributed by atoms with Crippen LogP contribution in [0.2, 0.25) is 0 Å². The van der Waals surface area contributed by atoms with Crippen LogP contribution in [0, 0.1) is 13.8 Å². The largest absolute Gasteiger partial charge is 0.351 e. The van der Waals surface area contributed by atoms with Gasteiger partial charge >= 0.3 is 0 Å². The molecule has 1 heterocycles. The van der Waals surface area contributed by atoms with Gasteiger partial charge in [0.1, 0.15) is 5.54 Å². The van der Waals surface area contributed by atoms with E-state index in [0.29, 0.717) is 5.69 Å². The second-order valence-corrected chi connectivity index (χ2v) is 10.9. The van der Waals surface area contributed by atoms with E-state index in [1.807, 2.05) is 32.0 Å². The molecular formula is C22H33N3O4S. The van der Waals surface area contributed by atoms with Gasteiger partial charge in [-0.25, -0.2) is 8.42 Å². The van der Waals surface area contributed by atoms with Crippen LogP contribution < -0.4 is 10.2 Å². The summed E-state index contributed by atoms with van der Waals surface area (Å²) < 4.78 is 25.6. The zero-order valence-electron chi connectivity index (χ0n) is 18.4. The number of carbonyl (C=O) groups is 2. The maximum Gasteiger partial charge on any atom is 0.247 e. The number of carbonyl (C=O) groups excluding carboxylic acids is 2. The number of hydrogen-bond acceptors (Lipinski definition) is 4. The molecule has 1 saturated carbocycles. The Morgan fingerprint density at radius 1 is 1.10 bits per heavy atom. The lowest BCUT2D eigenvalue weighted by atomic mass is 9.93. The zero-order valence-corrected chi connectivity index (χ0v) is 19.2. The normalized spacial score (nSPS) is 24.5. The highest BCUT2D eigenvalue weighted by atomic mass is 32.2. The van der Waals surface area contributed by atoms with Gasteiger partial charge in [0.25, 0.3) is 0 Å². The van der Waals surface area contributed by atoms with Crippen molar-refractivity contribution in [2.45, 2.75) is 70.9 Å². The number of piperazine rings is 1. The van der Waals surface area contributed by atoms with Gasteiger partial charge in [-0.05, 0) is 56.9 Å². The first-order chi connectivity index (χ1) is 14.0. The molecule has 30 heavy (non-hydrogen) atoms. The Hall–Kier alpha value is -1.93. The van der Waals surface area contributed by atoms with Crippen LogP contribution in [-0.2, 0) is 19.6 Å². The van der Waals surface area contributed by atoms with Crippen molar-refractivity contribution in [1.29, 1.82) is 0 Å². The monoisotopic (exact) mass is 435 g/mol. The van der Waals surface area contributed by atoms with E-state index in [1.54, 1.807) is 6.92 Å². The lowest BCUT2D eigenvalue weighted by Crippen LogP contribution is -2.70. The molecule has 166 valence electrons. The van der Waals surface area contributed by atoms with E-state index in [2.05, 4.69) is 5.32 Å². The molecule has 1 N–H and O–H groups in total. The van der Waals surface area contributed by atoms with Gasteiger partial charge in [0.15, 0.2) is 0 Å². The third-order valence-corrected chi connectivity index (χ3v) is 7.63. The van der Waals surface area contributed by atoms with Gasteiger partial charge in [0, 0.05) is 18.3 Å². The number of nitrogens with one attached hydrogen (secondary N) is 1. The molecule has 0 aromatic heterocycles. The molecule has 2 amide bonds. The molecule has 2 aliphatic rings. The van der Waals surface area contributed by atoms with Gasteiger partial charge in [-0.3, -0.25) is 14.5 Å². The highest BCUT2D eigenvalue weighted by molar-refractivity contribution is 7.88. The highest BCUT2D eigenvalue weighted by Crippen LogP contribution is 2.32. The Morgan fingerprint density at radius 3 is 2.30 bits per heavy atom. The van der Waals surface area contributed by atoms with Gasteiger partial charge in [-0.1, -0.05) is 31.7 Å². The molecule has 1 saturated heterocycles. The van der Waals surface area contributed by atoms with Gasteiger partial charge in [0.2, 0.25) is 21.8 Å². The van der Waals surface area contributed by atoms with Crippen LogP contribution in [0.25, 0.3) is 0 Å². The van der Waals surface area contributed by atoms with Gasteiger partial charge in [-0.15, -0.1) is 0 Å². The molecule has 1 atom stereocenters. The van der Waals surface area contributed by atoms with Crippen LogP contribution >= 0.6 is 0 Å². The number of anilines is 1. The summed E-state index contributed by atoms with van der Waals surface area (Å²) in [6.07, 6.45) is 7.37. The minimum absolute atomic E-state index is 0.0575. The molecular weight excluding hydrogens is 402 g/mol. The topological polar surface area (TPSA) is 86.8 Å². The van der Waals surface area contributed by atoms with Crippen LogP contribution in [0.3, 0.4) is 0 Å². The van der Waals surface area contributed by atoms with E-state index in [4.69, 9.17) is 0 Å². The summed E-state index contributed by atoms with van der Waals surface area (Å²) in [7, 11) is -3.62. The first-order valence-electron chi connectivity index (χ1n) is 10.7. The summed E-state index contributed by atoms with van der Waals surface area (Å²) >= 11 is 0. The lowest BCUT2D eigenvalue weighted by molar-refractivity contribution is -0.133. The zero-order chi connectivity index (χ0) is 22.1. The average molecular weight is 436 g/mol. The molecule has 1 aromatic carbocycles. The summed E-state index contributed by atoms with van der Waals surface area (Å²) in [6, 6.07) is 5.69. The van der Waals surface area contributed by atoms with Crippen LogP contribution in [0.1, 0.15) is 56.6 Å². The Labute approximate surface area is 179 Å². The number of sulfonamides is 1. The van der Waals surface area contributed by atoms with Crippen molar-refractivity contribution >= 4 is 27.5 Å².